The van der Waals surface area contributed by atoms with E-state index in [9.17, 15) is 9.59 Å². The SMILES string of the molecule is NCCC(=O)N1CCSCC1C(=O)O. The first kappa shape index (κ1) is 11.3. The van der Waals surface area contributed by atoms with E-state index in [2.05, 4.69) is 0 Å². The summed E-state index contributed by atoms with van der Waals surface area (Å²) < 4.78 is 0. The Morgan fingerprint density at radius 3 is 2.86 bits per heavy atom. The van der Waals surface area contributed by atoms with Crippen LogP contribution < -0.4 is 5.73 Å². The molecule has 1 saturated heterocycles. The van der Waals surface area contributed by atoms with E-state index < -0.39 is 12.0 Å². The summed E-state index contributed by atoms with van der Waals surface area (Å²) >= 11 is 1.56. The van der Waals surface area contributed by atoms with Gasteiger partial charge in [0, 0.05) is 31.0 Å². The zero-order valence-corrected chi connectivity index (χ0v) is 8.63. The molecule has 0 aromatic heterocycles. The number of nitrogens with zero attached hydrogens (tertiary/aromatic N) is 1. The van der Waals surface area contributed by atoms with Gasteiger partial charge in [0.05, 0.1) is 0 Å². The molecule has 1 aliphatic rings. The molecule has 0 aromatic rings. The highest BCUT2D eigenvalue weighted by molar-refractivity contribution is 7.99. The molecule has 1 heterocycles. The first-order valence-electron chi connectivity index (χ1n) is 4.47. The quantitative estimate of drug-likeness (QED) is 0.658. The van der Waals surface area contributed by atoms with Crippen LogP contribution in [-0.4, -0.2) is 52.5 Å². The van der Waals surface area contributed by atoms with Crippen LogP contribution in [0.25, 0.3) is 0 Å². The second kappa shape index (κ2) is 5.21. The normalized spacial score (nSPS) is 22.1. The molecule has 0 aliphatic carbocycles. The maximum atomic E-state index is 11.5. The van der Waals surface area contributed by atoms with Crippen LogP contribution >= 0.6 is 11.8 Å². The van der Waals surface area contributed by atoms with Gasteiger partial charge in [-0.2, -0.15) is 11.8 Å². The molecule has 6 heteroatoms. The summed E-state index contributed by atoms with van der Waals surface area (Å²) in [6, 6.07) is -0.673. The molecule has 14 heavy (non-hydrogen) atoms. The third-order valence-corrected chi connectivity index (χ3v) is 3.11. The number of hydrogen-bond donors (Lipinski definition) is 2. The highest BCUT2D eigenvalue weighted by atomic mass is 32.2. The Morgan fingerprint density at radius 2 is 2.29 bits per heavy atom. The molecule has 0 spiro atoms. The number of nitrogens with two attached hydrogens (primary N) is 1. The van der Waals surface area contributed by atoms with Gasteiger partial charge < -0.3 is 15.7 Å². The molecule has 0 aromatic carbocycles. The molecule has 1 rings (SSSR count). The zero-order chi connectivity index (χ0) is 10.6. The standard InChI is InChI=1S/C8H14N2O3S/c9-2-1-7(11)10-3-4-14-5-6(10)8(12)13/h6H,1-5,9H2,(H,12,13). The van der Waals surface area contributed by atoms with Crippen LogP contribution in [0.3, 0.4) is 0 Å². The van der Waals surface area contributed by atoms with Gasteiger partial charge in [0.25, 0.3) is 0 Å². The minimum atomic E-state index is -0.928. The lowest BCUT2D eigenvalue weighted by molar-refractivity contribution is -0.149. The Labute approximate surface area is 86.6 Å². The molecule has 3 N–H and O–H groups in total. The van der Waals surface area contributed by atoms with Crippen LogP contribution in [0.15, 0.2) is 0 Å². The molecular formula is C8H14N2O3S. The molecule has 1 amide bonds. The number of carbonyl (C=O) groups is 2. The maximum Gasteiger partial charge on any atom is 0.327 e. The fourth-order valence-corrected chi connectivity index (χ4v) is 2.41. The van der Waals surface area contributed by atoms with E-state index >= 15 is 0 Å². The van der Waals surface area contributed by atoms with Gasteiger partial charge in [-0.25, -0.2) is 4.79 Å². The molecule has 5 nitrogen and oxygen atoms in total. The van der Waals surface area contributed by atoms with Crippen molar-refractivity contribution in [2.75, 3.05) is 24.6 Å². The van der Waals surface area contributed by atoms with Crippen LogP contribution in [0.2, 0.25) is 0 Å². The van der Waals surface area contributed by atoms with Crippen molar-refractivity contribution >= 4 is 23.6 Å². The third kappa shape index (κ3) is 2.62. The fourth-order valence-electron chi connectivity index (χ4n) is 1.37. The lowest BCUT2D eigenvalue weighted by Gasteiger charge is -2.32. The van der Waals surface area contributed by atoms with Crippen LogP contribution in [0.1, 0.15) is 6.42 Å². The minimum Gasteiger partial charge on any atom is -0.480 e. The Balaban J connectivity index is 2.62. The average Bonchev–Trinajstić information content (AvgIpc) is 2.18. The van der Waals surface area contributed by atoms with E-state index in [1.807, 2.05) is 0 Å². The van der Waals surface area contributed by atoms with Crippen LogP contribution in [0, 0.1) is 0 Å². The Kier molecular flexibility index (Phi) is 4.21. The van der Waals surface area contributed by atoms with Gasteiger partial charge in [0.15, 0.2) is 0 Å². The van der Waals surface area contributed by atoms with E-state index in [1.54, 1.807) is 11.8 Å². The van der Waals surface area contributed by atoms with Gasteiger partial charge >= 0.3 is 5.97 Å². The van der Waals surface area contributed by atoms with Crippen molar-refractivity contribution in [3.8, 4) is 0 Å². The van der Waals surface area contributed by atoms with Gasteiger partial charge in [0.1, 0.15) is 6.04 Å². The number of amides is 1. The maximum absolute atomic E-state index is 11.5. The Bertz CT molecular complexity index is 235. The first-order chi connectivity index (χ1) is 6.66. The second-order valence-corrected chi connectivity index (χ2v) is 4.20. The molecule has 0 bridgehead atoms. The summed E-state index contributed by atoms with van der Waals surface area (Å²) in [4.78, 5) is 23.7. The van der Waals surface area contributed by atoms with E-state index in [1.165, 1.54) is 4.90 Å². The van der Waals surface area contributed by atoms with Gasteiger partial charge in [-0.3, -0.25) is 4.79 Å². The van der Waals surface area contributed by atoms with Crippen molar-refractivity contribution in [2.45, 2.75) is 12.5 Å². The summed E-state index contributed by atoms with van der Waals surface area (Å²) in [6.45, 7) is 0.787. The lowest BCUT2D eigenvalue weighted by atomic mass is 10.2. The zero-order valence-electron chi connectivity index (χ0n) is 7.81. The van der Waals surface area contributed by atoms with Gasteiger partial charge in [-0.05, 0) is 0 Å². The summed E-state index contributed by atoms with van der Waals surface area (Å²) in [6.07, 6.45) is 0.231. The number of hydrogen-bond acceptors (Lipinski definition) is 4. The topological polar surface area (TPSA) is 83.6 Å². The summed E-state index contributed by atoms with van der Waals surface area (Å²) in [7, 11) is 0. The molecule has 0 radical (unpaired) electrons. The smallest absolute Gasteiger partial charge is 0.327 e. The average molecular weight is 218 g/mol. The first-order valence-corrected chi connectivity index (χ1v) is 5.62. The Morgan fingerprint density at radius 1 is 1.57 bits per heavy atom. The second-order valence-electron chi connectivity index (χ2n) is 3.05. The van der Waals surface area contributed by atoms with Crippen molar-refractivity contribution in [3.05, 3.63) is 0 Å². The largest absolute Gasteiger partial charge is 0.480 e. The molecule has 1 fully saturated rings. The number of carbonyl (C=O) groups excluding carboxylic acids is 1. The van der Waals surface area contributed by atoms with Crippen molar-refractivity contribution < 1.29 is 14.7 Å². The van der Waals surface area contributed by atoms with Crippen LogP contribution in [0.4, 0.5) is 0 Å². The van der Waals surface area contributed by atoms with E-state index in [0.717, 1.165) is 5.75 Å². The number of aliphatic carboxylic acids is 1. The van der Waals surface area contributed by atoms with Crippen molar-refractivity contribution in [1.82, 2.24) is 4.90 Å². The summed E-state index contributed by atoms with van der Waals surface area (Å²) in [5.41, 5.74) is 5.26. The minimum absolute atomic E-state index is 0.153. The molecule has 1 unspecified atom stereocenters. The van der Waals surface area contributed by atoms with E-state index in [-0.39, 0.29) is 18.9 Å². The molecule has 0 saturated carbocycles. The fraction of sp³-hybridized carbons (Fsp3) is 0.750. The molecule has 1 atom stereocenters. The number of thioether (sulfide) groups is 1. The molecular weight excluding hydrogens is 204 g/mol. The van der Waals surface area contributed by atoms with E-state index in [4.69, 9.17) is 10.8 Å². The highest BCUT2D eigenvalue weighted by Crippen LogP contribution is 2.17. The Hall–Kier alpha value is -0.750. The summed E-state index contributed by atoms with van der Waals surface area (Å²) in [5.74, 6) is 0.203. The number of rotatable bonds is 3. The molecule has 1 aliphatic heterocycles. The van der Waals surface area contributed by atoms with Crippen molar-refractivity contribution in [3.63, 3.8) is 0 Å². The van der Waals surface area contributed by atoms with Gasteiger partial charge in [-0.15, -0.1) is 0 Å². The predicted molar refractivity (Wildman–Crippen MR) is 54.1 cm³/mol. The van der Waals surface area contributed by atoms with Crippen LogP contribution in [0.5, 0.6) is 0 Å². The van der Waals surface area contributed by atoms with Gasteiger partial charge in [0.2, 0.25) is 5.91 Å². The molecule has 80 valence electrons. The highest BCUT2D eigenvalue weighted by Gasteiger charge is 2.31. The van der Waals surface area contributed by atoms with Crippen LogP contribution in [-0.2, 0) is 9.59 Å². The third-order valence-electron chi connectivity index (χ3n) is 2.09. The lowest BCUT2D eigenvalue weighted by Crippen LogP contribution is -2.50. The number of carboxylic acids is 1. The van der Waals surface area contributed by atoms with E-state index in [0.29, 0.717) is 12.3 Å². The summed E-state index contributed by atoms with van der Waals surface area (Å²) in [5, 5.41) is 8.89. The van der Waals surface area contributed by atoms with Crippen molar-refractivity contribution in [2.24, 2.45) is 5.73 Å². The monoisotopic (exact) mass is 218 g/mol. The van der Waals surface area contributed by atoms with Crippen molar-refractivity contribution in [1.29, 1.82) is 0 Å². The van der Waals surface area contributed by atoms with Gasteiger partial charge in [-0.1, -0.05) is 0 Å². The predicted octanol–water partition coefficient (Wildman–Crippen LogP) is -0.636. The number of carboxylic acid groups (broad SMARTS) is 1.